The Balaban J connectivity index is 2.04. The molecule has 2 N–H and O–H groups in total. The summed E-state index contributed by atoms with van der Waals surface area (Å²) in [7, 11) is 2.14. The van der Waals surface area contributed by atoms with Gasteiger partial charge in [-0.25, -0.2) is 0 Å². The van der Waals surface area contributed by atoms with Crippen molar-refractivity contribution in [2.75, 3.05) is 43.9 Å². The van der Waals surface area contributed by atoms with Crippen molar-refractivity contribution in [3.63, 3.8) is 0 Å². The summed E-state index contributed by atoms with van der Waals surface area (Å²) >= 11 is 0. The van der Waals surface area contributed by atoms with Crippen molar-refractivity contribution < 1.29 is 0 Å². The third-order valence-electron chi connectivity index (χ3n) is 3.50. The first-order valence-corrected chi connectivity index (χ1v) is 6.20. The Morgan fingerprint density at radius 3 is 2.39 bits per heavy atom. The van der Waals surface area contributed by atoms with Gasteiger partial charge in [0.25, 0.3) is 0 Å². The van der Waals surface area contributed by atoms with Crippen LogP contribution in [0.5, 0.6) is 0 Å². The molecule has 18 heavy (non-hydrogen) atoms. The monoisotopic (exact) mass is 243 g/mol. The van der Waals surface area contributed by atoms with Crippen LogP contribution in [-0.2, 0) is 0 Å². The zero-order chi connectivity index (χ0) is 12.5. The Labute approximate surface area is 106 Å². The highest BCUT2D eigenvalue weighted by Crippen LogP contribution is 2.27. The third-order valence-corrected chi connectivity index (χ3v) is 3.50. The van der Waals surface area contributed by atoms with E-state index in [4.69, 9.17) is 5.73 Å². The van der Waals surface area contributed by atoms with Crippen LogP contribution in [0.15, 0.2) is 24.3 Å². The molecule has 1 saturated heterocycles. The minimum atomic E-state index is 0.503. The van der Waals surface area contributed by atoms with Gasteiger partial charge in [0.15, 0.2) is 11.6 Å². The van der Waals surface area contributed by atoms with E-state index in [0.717, 1.165) is 42.8 Å². The molecule has 3 rings (SSSR count). The lowest BCUT2D eigenvalue weighted by Crippen LogP contribution is -2.45. The second-order valence-electron chi connectivity index (χ2n) is 4.74. The van der Waals surface area contributed by atoms with Crippen LogP contribution < -0.4 is 10.6 Å². The van der Waals surface area contributed by atoms with Crippen molar-refractivity contribution in [1.29, 1.82) is 0 Å². The molecule has 1 aliphatic rings. The highest BCUT2D eigenvalue weighted by molar-refractivity contribution is 5.97. The van der Waals surface area contributed by atoms with Crippen LogP contribution in [-0.4, -0.2) is 48.3 Å². The molecule has 0 spiro atoms. The molecule has 0 atom stereocenters. The summed E-state index contributed by atoms with van der Waals surface area (Å²) in [5, 5.41) is 10.4. The normalized spacial score (nSPS) is 17.3. The summed E-state index contributed by atoms with van der Waals surface area (Å²) < 4.78 is 0. The molecular formula is C13H17N5. The number of anilines is 2. The second-order valence-corrected chi connectivity index (χ2v) is 4.74. The maximum Gasteiger partial charge on any atom is 0.159 e. The van der Waals surface area contributed by atoms with Crippen LogP contribution in [0.4, 0.5) is 11.6 Å². The van der Waals surface area contributed by atoms with Crippen LogP contribution in [0.1, 0.15) is 0 Å². The number of fused-ring (bicyclic) bond motifs is 1. The summed E-state index contributed by atoms with van der Waals surface area (Å²) in [6, 6.07) is 8.06. The lowest BCUT2D eigenvalue weighted by molar-refractivity contribution is 0.312. The number of rotatable bonds is 1. The Hall–Kier alpha value is -1.88. The maximum atomic E-state index is 5.88. The van der Waals surface area contributed by atoms with Gasteiger partial charge >= 0.3 is 0 Å². The van der Waals surface area contributed by atoms with Crippen LogP contribution in [0.3, 0.4) is 0 Å². The lowest BCUT2D eigenvalue weighted by atomic mass is 10.1. The first-order chi connectivity index (χ1) is 8.75. The van der Waals surface area contributed by atoms with Gasteiger partial charge in [-0.05, 0) is 7.05 Å². The minimum absolute atomic E-state index is 0.503. The van der Waals surface area contributed by atoms with Crippen molar-refractivity contribution in [2.24, 2.45) is 0 Å². The standard InChI is InChI=1S/C13H17N5/c1-17-6-8-18(9-7-17)13-11-5-3-2-4-10(11)12(14)15-16-13/h2-5H,6-9H2,1H3,(H2,14,15). The van der Waals surface area contributed by atoms with E-state index in [-0.39, 0.29) is 0 Å². The van der Waals surface area contributed by atoms with E-state index in [2.05, 4.69) is 33.1 Å². The number of nitrogens with zero attached hydrogens (tertiary/aromatic N) is 4. The molecule has 0 bridgehead atoms. The first-order valence-electron chi connectivity index (χ1n) is 6.20. The number of likely N-dealkylation sites (N-methyl/N-ethyl adjacent to an activating group) is 1. The van der Waals surface area contributed by atoms with Gasteiger partial charge in [-0.3, -0.25) is 0 Å². The average molecular weight is 243 g/mol. The van der Waals surface area contributed by atoms with Crippen LogP contribution in [0.25, 0.3) is 10.8 Å². The molecule has 5 nitrogen and oxygen atoms in total. The summed E-state index contributed by atoms with van der Waals surface area (Å²) in [6.45, 7) is 4.08. The highest BCUT2D eigenvalue weighted by Gasteiger charge is 2.18. The summed E-state index contributed by atoms with van der Waals surface area (Å²) in [4.78, 5) is 4.61. The summed E-state index contributed by atoms with van der Waals surface area (Å²) in [6.07, 6.45) is 0. The Kier molecular flexibility index (Phi) is 2.76. The van der Waals surface area contributed by atoms with E-state index in [0.29, 0.717) is 5.82 Å². The van der Waals surface area contributed by atoms with Gasteiger partial charge in [0.1, 0.15) is 0 Å². The second kappa shape index (κ2) is 4.42. The molecule has 1 aromatic heterocycles. The zero-order valence-electron chi connectivity index (χ0n) is 10.5. The van der Waals surface area contributed by atoms with E-state index in [1.54, 1.807) is 0 Å². The van der Waals surface area contributed by atoms with Gasteiger partial charge in [-0.15, -0.1) is 10.2 Å². The fraction of sp³-hybridized carbons (Fsp3) is 0.385. The lowest BCUT2D eigenvalue weighted by Gasteiger charge is -2.33. The molecule has 0 radical (unpaired) electrons. The Bertz CT molecular complexity index is 560. The molecule has 0 amide bonds. The van der Waals surface area contributed by atoms with Gasteiger partial charge < -0.3 is 15.5 Å². The molecular weight excluding hydrogens is 226 g/mol. The molecule has 5 heteroatoms. The van der Waals surface area contributed by atoms with Gasteiger partial charge in [0.05, 0.1) is 0 Å². The molecule has 1 fully saturated rings. The van der Waals surface area contributed by atoms with E-state index in [1.165, 1.54) is 0 Å². The molecule has 2 aromatic rings. The number of piperazine rings is 1. The quantitative estimate of drug-likeness (QED) is 0.808. The van der Waals surface area contributed by atoms with Crippen LogP contribution in [0.2, 0.25) is 0 Å². The smallest absolute Gasteiger partial charge is 0.159 e. The number of nitrogen functional groups attached to an aromatic ring is 1. The van der Waals surface area contributed by atoms with Gasteiger partial charge in [0, 0.05) is 37.0 Å². The Morgan fingerprint density at radius 2 is 1.67 bits per heavy atom. The van der Waals surface area contributed by atoms with Gasteiger partial charge in [-0.2, -0.15) is 0 Å². The zero-order valence-corrected chi connectivity index (χ0v) is 10.5. The molecule has 1 aromatic carbocycles. The fourth-order valence-corrected chi connectivity index (χ4v) is 2.36. The number of hydrogen-bond donors (Lipinski definition) is 1. The van der Waals surface area contributed by atoms with Gasteiger partial charge in [0.2, 0.25) is 0 Å². The van der Waals surface area contributed by atoms with Crippen LogP contribution in [0, 0.1) is 0 Å². The third kappa shape index (κ3) is 1.86. The number of nitrogens with two attached hydrogens (primary N) is 1. The van der Waals surface area contributed by atoms with Crippen molar-refractivity contribution in [2.45, 2.75) is 0 Å². The highest BCUT2D eigenvalue weighted by atomic mass is 15.3. The molecule has 0 unspecified atom stereocenters. The summed E-state index contributed by atoms with van der Waals surface area (Å²) in [5.74, 6) is 1.45. The van der Waals surface area contributed by atoms with Crippen molar-refractivity contribution >= 4 is 22.4 Å². The molecule has 1 aliphatic heterocycles. The van der Waals surface area contributed by atoms with E-state index < -0.39 is 0 Å². The van der Waals surface area contributed by atoms with E-state index >= 15 is 0 Å². The van der Waals surface area contributed by atoms with Crippen molar-refractivity contribution in [3.8, 4) is 0 Å². The maximum absolute atomic E-state index is 5.88. The molecule has 94 valence electrons. The predicted molar refractivity (Wildman–Crippen MR) is 73.7 cm³/mol. The van der Waals surface area contributed by atoms with Crippen LogP contribution >= 0.6 is 0 Å². The summed E-state index contributed by atoms with van der Waals surface area (Å²) in [5.41, 5.74) is 5.88. The number of aromatic nitrogens is 2. The fourth-order valence-electron chi connectivity index (χ4n) is 2.36. The Morgan fingerprint density at radius 1 is 1.00 bits per heavy atom. The first kappa shape index (κ1) is 11.2. The van der Waals surface area contributed by atoms with Crippen molar-refractivity contribution in [3.05, 3.63) is 24.3 Å². The van der Waals surface area contributed by atoms with Crippen molar-refractivity contribution in [1.82, 2.24) is 15.1 Å². The molecule has 2 heterocycles. The molecule has 0 saturated carbocycles. The average Bonchev–Trinajstić information content (AvgIpc) is 2.41. The van der Waals surface area contributed by atoms with E-state index in [1.807, 2.05) is 18.2 Å². The topological polar surface area (TPSA) is 58.3 Å². The molecule has 0 aliphatic carbocycles. The van der Waals surface area contributed by atoms with Gasteiger partial charge in [-0.1, -0.05) is 24.3 Å². The number of benzene rings is 1. The predicted octanol–water partition coefficient (Wildman–Crippen LogP) is 0.964. The SMILES string of the molecule is CN1CCN(c2nnc(N)c3ccccc23)CC1. The minimum Gasteiger partial charge on any atom is -0.382 e. The number of hydrogen-bond acceptors (Lipinski definition) is 5. The largest absolute Gasteiger partial charge is 0.382 e. The van der Waals surface area contributed by atoms with E-state index in [9.17, 15) is 0 Å².